The van der Waals surface area contributed by atoms with Gasteiger partial charge in [0.1, 0.15) is 6.54 Å². The number of benzene rings is 2. The van der Waals surface area contributed by atoms with Gasteiger partial charge in [-0.3, -0.25) is 14.4 Å². The molecule has 0 spiro atoms. The summed E-state index contributed by atoms with van der Waals surface area (Å²) in [6.45, 7) is 3.97. The minimum atomic E-state index is -0.230. The lowest BCUT2D eigenvalue weighted by Gasteiger charge is -2.28. The van der Waals surface area contributed by atoms with Gasteiger partial charge in [0.2, 0.25) is 17.7 Å². The van der Waals surface area contributed by atoms with Crippen molar-refractivity contribution in [3.05, 3.63) is 54.1 Å². The number of rotatable bonds is 6. The van der Waals surface area contributed by atoms with Crippen molar-refractivity contribution in [3.63, 3.8) is 0 Å². The molecule has 2 aromatic rings. The number of anilines is 2. The summed E-state index contributed by atoms with van der Waals surface area (Å²) in [5, 5.41) is 5.69. The Kier molecular flexibility index (Phi) is 6.36. The number of thioether (sulfide) groups is 1. The number of para-hydroxylation sites is 1. The number of carbonyl (C=O) groups is 3. The van der Waals surface area contributed by atoms with Gasteiger partial charge in [-0.1, -0.05) is 38.1 Å². The molecular formula is C21H23N3O3S. The number of carbonyl (C=O) groups excluding carboxylic acids is 3. The maximum absolute atomic E-state index is 12.4. The summed E-state index contributed by atoms with van der Waals surface area (Å²) in [5.41, 5.74) is 2.34. The molecule has 2 N–H and O–H groups in total. The maximum atomic E-state index is 12.4. The number of nitrogens with one attached hydrogen (secondary N) is 2. The van der Waals surface area contributed by atoms with Gasteiger partial charge in [-0.2, -0.15) is 0 Å². The van der Waals surface area contributed by atoms with E-state index in [0.29, 0.717) is 18.0 Å². The Morgan fingerprint density at radius 2 is 1.93 bits per heavy atom. The molecular weight excluding hydrogens is 374 g/mol. The van der Waals surface area contributed by atoms with E-state index in [1.807, 2.05) is 62.4 Å². The molecule has 0 aliphatic carbocycles. The van der Waals surface area contributed by atoms with Crippen molar-refractivity contribution in [3.8, 4) is 0 Å². The Morgan fingerprint density at radius 3 is 2.71 bits per heavy atom. The van der Waals surface area contributed by atoms with Crippen molar-refractivity contribution < 1.29 is 14.4 Å². The molecule has 0 saturated heterocycles. The van der Waals surface area contributed by atoms with E-state index >= 15 is 0 Å². The van der Waals surface area contributed by atoms with Crippen molar-refractivity contribution in [2.45, 2.75) is 25.3 Å². The van der Waals surface area contributed by atoms with Gasteiger partial charge in [-0.25, -0.2) is 0 Å². The molecule has 0 unspecified atom stereocenters. The first kappa shape index (κ1) is 19.9. The van der Waals surface area contributed by atoms with Gasteiger partial charge in [0.15, 0.2) is 0 Å². The largest absolute Gasteiger partial charge is 0.350 e. The second-order valence-electron chi connectivity index (χ2n) is 6.86. The van der Waals surface area contributed by atoms with E-state index in [9.17, 15) is 14.4 Å². The van der Waals surface area contributed by atoms with Crippen LogP contribution in [0.1, 0.15) is 19.4 Å². The fraction of sp³-hybridized carbons (Fsp3) is 0.286. The Hall–Kier alpha value is -2.80. The minimum absolute atomic E-state index is 0.0137. The van der Waals surface area contributed by atoms with E-state index in [1.165, 1.54) is 16.7 Å². The predicted molar refractivity (Wildman–Crippen MR) is 111 cm³/mol. The third-order valence-corrected chi connectivity index (χ3v) is 5.37. The lowest BCUT2D eigenvalue weighted by atomic mass is 10.1. The fourth-order valence-electron chi connectivity index (χ4n) is 2.77. The van der Waals surface area contributed by atoms with Crippen molar-refractivity contribution in [1.29, 1.82) is 0 Å². The van der Waals surface area contributed by atoms with Crippen LogP contribution in [0, 0.1) is 5.92 Å². The zero-order chi connectivity index (χ0) is 20.1. The van der Waals surface area contributed by atoms with Gasteiger partial charge in [0, 0.05) is 23.0 Å². The smallest absolute Gasteiger partial charge is 0.240 e. The third-order valence-electron chi connectivity index (χ3n) is 4.32. The van der Waals surface area contributed by atoms with E-state index in [2.05, 4.69) is 10.6 Å². The van der Waals surface area contributed by atoms with Crippen molar-refractivity contribution >= 4 is 40.9 Å². The van der Waals surface area contributed by atoms with Gasteiger partial charge in [0.05, 0.1) is 11.4 Å². The summed E-state index contributed by atoms with van der Waals surface area (Å²) in [7, 11) is 0. The van der Waals surface area contributed by atoms with Crippen molar-refractivity contribution in [2.75, 3.05) is 22.5 Å². The Balaban J connectivity index is 1.59. The molecule has 1 aliphatic heterocycles. The average molecular weight is 398 g/mol. The van der Waals surface area contributed by atoms with Gasteiger partial charge in [0.25, 0.3) is 0 Å². The molecule has 3 rings (SSSR count). The van der Waals surface area contributed by atoms with Crippen LogP contribution in [-0.4, -0.2) is 30.0 Å². The topological polar surface area (TPSA) is 78.5 Å². The van der Waals surface area contributed by atoms with Crippen LogP contribution in [0.25, 0.3) is 0 Å². The van der Waals surface area contributed by atoms with Gasteiger partial charge >= 0.3 is 0 Å². The molecule has 0 radical (unpaired) electrons. The number of amides is 3. The number of hydrogen-bond donors (Lipinski definition) is 2. The van der Waals surface area contributed by atoms with Crippen LogP contribution in [0.15, 0.2) is 53.4 Å². The lowest BCUT2D eigenvalue weighted by Crippen LogP contribution is -2.43. The Morgan fingerprint density at radius 1 is 1.14 bits per heavy atom. The molecule has 6 nitrogen and oxygen atoms in total. The monoisotopic (exact) mass is 397 g/mol. The molecule has 1 aliphatic rings. The first-order chi connectivity index (χ1) is 13.4. The molecule has 146 valence electrons. The SMILES string of the molecule is CC(C)C(=O)Nc1cccc(CNC(=O)CN2C(=O)CSc3ccccc32)c1. The zero-order valence-corrected chi connectivity index (χ0v) is 16.7. The molecule has 0 bridgehead atoms. The van der Waals surface area contributed by atoms with Gasteiger partial charge < -0.3 is 15.5 Å². The molecule has 3 amide bonds. The molecule has 7 heteroatoms. The van der Waals surface area contributed by atoms with Crippen molar-refractivity contribution in [2.24, 2.45) is 5.92 Å². The van der Waals surface area contributed by atoms with Crippen LogP contribution >= 0.6 is 11.8 Å². The Labute approximate surface area is 168 Å². The summed E-state index contributed by atoms with van der Waals surface area (Å²) in [6, 6.07) is 14.9. The summed E-state index contributed by atoms with van der Waals surface area (Å²) >= 11 is 1.49. The third kappa shape index (κ3) is 4.92. The normalized spacial score (nSPS) is 13.2. The van der Waals surface area contributed by atoms with E-state index in [1.54, 1.807) is 0 Å². The molecule has 0 fully saturated rings. The first-order valence-electron chi connectivity index (χ1n) is 9.12. The highest BCUT2D eigenvalue weighted by Crippen LogP contribution is 2.34. The average Bonchev–Trinajstić information content (AvgIpc) is 2.69. The molecule has 28 heavy (non-hydrogen) atoms. The summed E-state index contributed by atoms with van der Waals surface area (Å²) in [6.07, 6.45) is 0. The highest BCUT2D eigenvalue weighted by atomic mass is 32.2. The zero-order valence-electron chi connectivity index (χ0n) is 15.9. The van der Waals surface area contributed by atoms with E-state index in [4.69, 9.17) is 0 Å². The van der Waals surface area contributed by atoms with E-state index in [0.717, 1.165) is 16.1 Å². The van der Waals surface area contributed by atoms with Crippen LogP contribution < -0.4 is 15.5 Å². The van der Waals surface area contributed by atoms with Crippen LogP contribution in [0.4, 0.5) is 11.4 Å². The highest BCUT2D eigenvalue weighted by molar-refractivity contribution is 8.00. The predicted octanol–water partition coefficient (Wildman–Crippen LogP) is 3.04. The number of fused-ring (bicyclic) bond motifs is 1. The summed E-state index contributed by atoms with van der Waals surface area (Å²) in [4.78, 5) is 39.0. The highest BCUT2D eigenvalue weighted by Gasteiger charge is 2.26. The number of nitrogens with zero attached hydrogens (tertiary/aromatic N) is 1. The van der Waals surface area contributed by atoms with E-state index < -0.39 is 0 Å². The minimum Gasteiger partial charge on any atom is -0.350 e. The summed E-state index contributed by atoms with van der Waals surface area (Å²) < 4.78 is 0. The Bertz CT molecular complexity index is 898. The number of hydrogen-bond acceptors (Lipinski definition) is 4. The van der Waals surface area contributed by atoms with Crippen molar-refractivity contribution in [1.82, 2.24) is 5.32 Å². The second kappa shape index (κ2) is 8.93. The molecule has 0 saturated carbocycles. The molecule has 1 heterocycles. The van der Waals surface area contributed by atoms with Crippen LogP contribution in [-0.2, 0) is 20.9 Å². The van der Waals surface area contributed by atoms with Crippen LogP contribution in [0.2, 0.25) is 0 Å². The van der Waals surface area contributed by atoms with E-state index in [-0.39, 0.29) is 30.2 Å². The maximum Gasteiger partial charge on any atom is 0.240 e. The molecule has 2 aromatic carbocycles. The molecule has 0 aromatic heterocycles. The van der Waals surface area contributed by atoms with Crippen LogP contribution in [0.3, 0.4) is 0 Å². The fourth-order valence-corrected chi connectivity index (χ4v) is 3.71. The molecule has 0 atom stereocenters. The van der Waals surface area contributed by atoms with Crippen LogP contribution in [0.5, 0.6) is 0 Å². The quantitative estimate of drug-likeness (QED) is 0.785. The summed E-state index contributed by atoms with van der Waals surface area (Å²) in [5.74, 6) is -0.126. The van der Waals surface area contributed by atoms with Gasteiger partial charge in [-0.15, -0.1) is 11.8 Å². The lowest BCUT2D eigenvalue weighted by molar-refractivity contribution is -0.123. The standard InChI is InChI=1S/C21H23N3O3S/c1-14(2)21(27)23-16-7-5-6-15(10-16)11-22-19(25)12-24-17-8-3-4-9-18(17)28-13-20(24)26/h3-10,14H,11-13H2,1-2H3,(H,22,25)(H,23,27). The second-order valence-corrected chi connectivity index (χ2v) is 7.87. The van der Waals surface area contributed by atoms with Gasteiger partial charge in [-0.05, 0) is 29.8 Å². The first-order valence-corrected chi connectivity index (χ1v) is 10.1.